The molecule has 2 aromatic rings. The Hall–Kier alpha value is -2.18. The first kappa shape index (κ1) is 18.2. The Morgan fingerprint density at radius 1 is 1.33 bits per heavy atom. The zero-order chi connectivity index (χ0) is 17.8. The third-order valence-corrected chi connectivity index (χ3v) is 6.03. The van der Waals surface area contributed by atoms with E-state index in [0.717, 1.165) is 30.2 Å². The lowest BCUT2D eigenvalue weighted by Gasteiger charge is -2.53. The number of allylic oxidation sites excluding steroid dienone is 1. The summed E-state index contributed by atoms with van der Waals surface area (Å²) in [6.45, 7) is 0.712. The topological polar surface area (TPSA) is 74.8 Å². The molecular formula is C20H23ClN2O4. The molecule has 1 aromatic heterocycles. The van der Waals surface area contributed by atoms with Gasteiger partial charge in [0.15, 0.2) is 0 Å². The minimum absolute atomic E-state index is 0. The van der Waals surface area contributed by atoms with Gasteiger partial charge < -0.3 is 24.5 Å². The fourth-order valence-electron chi connectivity index (χ4n) is 4.71. The Morgan fingerprint density at radius 2 is 2.19 bits per heavy atom. The number of aliphatic hydroxyl groups is 1. The van der Waals surface area contributed by atoms with Crippen LogP contribution in [0.5, 0.6) is 5.75 Å². The standard InChI is InChI=1S/C20H22N2O4.ClH/c1-25-14-2-3-18-16(8-14)17(9-21-18)20(24)26-15-6-12-4-11-5-13(7-15)22(12)10-19(11)23;/h2-3,6,8-9,11,13,15,19,21,23H,4-5,7,10H2,1H3;1H. The Labute approximate surface area is 163 Å². The highest BCUT2D eigenvalue weighted by atomic mass is 35.5. The number of hydrogen-bond acceptors (Lipinski definition) is 5. The van der Waals surface area contributed by atoms with Crippen molar-refractivity contribution in [2.45, 2.75) is 37.5 Å². The van der Waals surface area contributed by atoms with Crippen LogP contribution >= 0.6 is 12.4 Å². The van der Waals surface area contributed by atoms with Gasteiger partial charge in [-0.1, -0.05) is 0 Å². The minimum Gasteiger partial charge on any atom is -0.497 e. The molecule has 5 heterocycles. The second-order valence-electron chi connectivity index (χ2n) is 7.52. The highest BCUT2D eigenvalue weighted by molar-refractivity contribution is 6.04. The number of hydrogen-bond donors (Lipinski definition) is 2. The molecule has 3 fully saturated rings. The van der Waals surface area contributed by atoms with E-state index < -0.39 is 0 Å². The largest absolute Gasteiger partial charge is 0.497 e. The number of halogens is 1. The van der Waals surface area contributed by atoms with Crippen LogP contribution in [-0.4, -0.2) is 52.9 Å². The quantitative estimate of drug-likeness (QED) is 0.788. The van der Waals surface area contributed by atoms with Crippen LogP contribution in [0.15, 0.2) is 36.2 Å². The van der Waals surface area contributed by atoms with Crippen LogP contribution in [0.3, 0.4) is 0 Å². The van der Waals surface area contributed by atoms with Crippen LogP contribution in [-0.2, 0) is 4.74 Å². The summed E-state index contributed by atoms with van der Waals surface area (Å²) in [5, 5.41) is 10.9. The number of H-pyrrole nitrogens is 1. The van der Waals surface area contributed by atoms with Crippen molar-refractivity contribution in [2.24, 2.45) is 5.92 Å². The van der Waals surface area contributed by atoms with Gasteiger partial charge in [-0.2, -0.15) is 0 Å². The monoisotopic (exact) mass is 390 g/mol. The molecule has 6 rings (SSSR count). The van der Waals surface area contributed by atoms with Gasteiger partial charge in [-0.3, -0.25) is 0 Å². The number of aromatic nitrogens is 1. The summed E-state index contributed by atoms with van der Waals surface area (Å²) in [6.07, 6.45) is 6.01. The lowest BCUT2D eigenvalue weighted by molar-refractivity contribution is -0.0511. The van der Waals surface area contributed by atoms with E-state index in [2.05, 4.69) is 16.0 Å². The van der Waals surface area contributed by atoms with E-state index in [0.29, 0.717) is 29.8 Å². The molecule has 6 nitrogen and oxygen atoms in total. The first-order valence-electron chi connectivity index (χ1n) is 9.14. The molecule has 0 spiro atoms. The Kier molecular flexibility index (Phi) is 4.56. The van der Waals surface area contributed by atoms with E-state index in [1.807, 2.05) is 18.2 Å². The molecule has 3 saturated heterocycles. The van der Waals surface area contributed by atoms with Gasteiger partial charge in [-0.05, 0) is 43.0 Å². The second kappa shape index (κ2) is 6.77. The summed E-state index contributed by atoms with van der Waals surface area (Å²) in [6, 6.07) is 5.98. The van der Waals surface area contributed by atoms with Crippen molar-refractivity contribution in [1.82, 2.24) is 9.88 Å². The summed E-state index contributed by atoms with van der Waals surface area (Å²) < 4.78 is 11.1. The number of rotatable bonds is 3. The number of esters is 1. The number of piperidine rings is 3. The fourth-order valence-corrected chi connectivity index (χ4v) is 4.71. The van der Waals surface area contributed by atoms with E-state index in [9.17, 15) is 9.90 Å². The van der Waals surface area contributed by atoms with E-state index in [-0.39, 0.29) is 30.6 Å². The Morgan fingerprint density at radius 3 is 2.93 bits per heavy atom. The first-order chi connectivity index (χ1) is 12.6. The molecule has 0 amide bonds. The zero-order valence-corrected chi connectivity index (χ0v) is 15.9. The number of methoxy groups -OCH3 is 1. The number of carbonyl (C=O) groups is 1. The van der Waals surface area contributed by atoms with Crippen LogP contribution in [0.2, 0.25) is 0 Å². The lowest BCUT2D eigenvalue weighted by atomic mass is 9.75. The zero-order valence-electron chi connectivity index (χ0n) is 15.1. The SMILES string of the molecule is COc1ccc2[nH]cc(C(=O)OC3C=C4CC5CC(C3)N4CC5O)c2c1.Cl. The second-order valence-corrected chi connectivity index (χ2v) is 7.52. The van der Waals surface area contributed by atoms with Gasteiger partial charge in [0.25, 0.3) is 0 Å². The minimum atomic E-state index is -0.313. The molecule has 0 aliphatic carbocycles. The summed E-state index contributed by atoms with van der Waals surface area (Å²) in [5.74, 6) is 0.753. The molecule has 4 bridgehead atoms. The van der Waals surface area contributed by atoms with Crippen molar-refractivity contribution in [3.8, 4) is 5.75 Å². The smallest absolute Gasteiger partial charge is 0.340 e. The van der Waals surface area contributed by atoms with Gasteiger partial charge in [0, 0.05) is 41.8 Å². The molecule has 0 radical (unpaired) electrons. The summed E-state index contributed by atoms with van der Waals surface area (Å²) >= 11 is 0. The van der Waals surface area contributed by atoms with Crippen molar-refractivity contribution >= 4 is 29.3 Å². The van der Waals surface area contributed by atoms with E-state index in [1.165, 1.54) is 5.70 Å². The van der Waals surface area contributed by atoms with Crippen LogP contribution in [0, 0.1) is 5.92 Å². The first-order valence-corrected chi connectivity index (χ1v) is 9.14. The van der Waals surface area contributed by atoms with Crippen molar-refractivity contribution in [3.63, 3.8) is 0 Å². The van der Waals surface area contributed by atoms with Crippen molar-refractivity contribution in [2.75, 3.05) is 13.7 Å². The van der Waals surface area contributed by atoms with Gasteiger partial charge in [-0.15, -0.1) is 12.4 Å². The lowest BCUT2D eigenvalue weighted by Crippen LogP contribution is -2.57. The number of ether oxygens (including phenoxy) is 2. The average molecular weight is 391 g/mol. The Bertz CT molecular complexity index is 909. The molecule has 4 unspecified atom stereocenters. The van der Waals surface area contributed by atoms with Gasteiger partial charge in [0.2, 0.25) is 0 Å². The molecule has 144 valence electrons. The Balaban J connectivity index is 0.00000180. The molecule has 0 saturated carbocycles. The predicted octanol–water partition coefficient (Wildman–Crippen LogP) is 2.87. The molecule has 7 heteroatoms. The maximum atomic E-state index is 12.8. The highest BCUT2D eigenvalue weighted by Gasteiger charge is 2.45. The van der Waals surface area contributed by atoms with Crippen LogP contribution in [0.25, 0.3) is 10.9 Å². The van der Waals surface area contributed by atoms with E-state index in [1.54, 1.807) is 13.3 Å². The van der Waals surface area contributed by atoms with Crippen LogP contribution < -0.4 is 4.74 Å². The maximum absolute atomic E-state index is 12.8. The predicted molar refractivity (Wildman–Crippen MR) is 103 cm³/mol. The van der Waals surface area contributed by atoms with Crippen LogP contribution in [0.4, 0.5) is 0 Å². The number of nitrogens with one attached hydrogen (secondary N) is 1. The van der Waals surface area contributed by atoms with Crippen molar-refractivity contribution in [3.05, 3.63) is 41.7 Å². The average Bonchev–Trinajstić information content (AvgIpc) is 3.04. The van der Waals surface area contributed by atoms with Gasteiger partial charge >= 0.3 is 5.97 Å². The number of benzene rings is 1. The third kappa shape index (κ3) is 2.97. The van der Waals surface area contributed by atoms with Crippen molar-refractivity contribution < 1.29 is 19.4 Å². The van der Waals surface area contributed by atoms with E-state index in [4.69, 9.17) is 9.47 Å². The number of nitrogens with zero attached hydrogens (tertiary/aromatic N) is 1. The van der Waals surface area contributed by atoms with Gasteiger partial charge in [0.05, 0.1) is 18.8 Å². The summed E-state index contributed by atoms with van der Waals surface area (Å²) in [4.78, 5) is 18.2. The highest BCUT2D eigenvalue weighted by Crippen LogP contribution is 2.43. The molecular weight excluding hydrogens is 368 g/mol. The normalized spacial score (nSPS) is 28.5. The summed E-state index contributed by atoms with van der Waals surface area (Å²) in [5.41, 5.74) is 2.64. The number of carbonyl (C=O) groups excluding carboxylic acids is 1. The molecule has 4 aliphatic heterocycles. The molecule has 4 aliphatic rings. The molecule has 1 aromatic carbocycles. The molecule has 27 heavy (non-hydrogen) atoms. The van der Waals surface area contributed by atoms with Crippen LogP contribution in [0.1, 0.15) is 29.6 Å². The number of fused-ring (bicyclic) bond motifs is 2. The number of aliphatic hydroxyl groups excluding tert-OH is 1. The third-order valence-electron chi connectivity index (χ3n) is 6.03. The van der Waals surface area contributed by atoms with Gasteiger partial charge in [-0.25, -0.2) is 4.79 Å². The molecule has 4 atom stereocenters. The maximum Gasteiger partial charge on any atom is 0.340 e. The van der Waals surface area contributed by atoms with E-state index >= 15 is 0 Å². The fraction of sp³-hybridized carbons (Fsp3) is 0.450. The summed E-state index contributed by atoms with van der Waals surface area (Å²) in [7, 11) is 1.61. The molecule has 2 N–H and O–H groups in total. The van der Waals surface area contributed by atoms with Gasteiger partial charge in [0.1, 0.15) is 11.9 Å². The van der Waals surface area contributed by atoms with Crippen molar-refractivity contribution in [1.29, 1.82) is 0 Å². The number of aromatic amines is 1.